The van der Waals surface area contributed by atoms with Crippen LogP contribution in [0.5, 0.6) is 0 Å². The van der Waals surface area contributed by atoms with Crippen LogP contribution in [0.2, 0.25) is 0 Å². The summed E-state index contributed by atoms with van der Waals surface area (Å²) in [5.41, 5.74) is 1.25. The van der Waals surface area contributed by atoms with Gasteiger partial charge in [0.05, 0.1) is 12.1 Å². The Hall–Kier alpha value is -2.28. The number of sulfonamides is 1. The number of hydrogen-bond acceptors (Lipinski definition) is 4. The lowest BCUT2D eigenvalue weighted by Gasteiger charge is -2.18. The normalized spacial score (nSPS) is 17.5. The predicted octanol–water partition coefficient (Wildman–Crippen LogP) is 2.36. The molecule has 1 unspecified atom stereocenters. The van der Waals surface area contributed by atoms with E-state index in [1.807, 2.05) is 0 Å². The van der Waals surface area contributed by atoms with Crippen LogP contribution in [-0.2, 0) is 14.8 Å². The monoisotopic (exact) mass is 321 g/mol. The van der Waals surface area contributed by atoms with Crippen molar-refractivity contribution in [2.75, 3.05) is 10.8 Å². The summed E-state index contributed by atoms with van der Waals surface area (Å²) in [6.07, 6.45) is -0.111. The van der Waals surface area contributed by atoms with Gasteiger partial charge in [-0.05, 0) is 30.7 Å². The van der Waals surface area contributed by atoms with Crippen LogP contribution >= 0.6 is 0 Å². The predicted molar refractivity (Wildman–Crippen MR) is 79.4 cm³/mol. The summed E-state index contributed by atoms with van der Waals surface area (Å²) in [6.45, 7) is 1.78. The minimum Gasteiger partial charge on any atom is -0.481 e. The first kappa shape index (κ1) is 14.6. The summed E-state index contributed by atoms with van der Waals surface area (Å²) in [4.78, 5) is 11.0. The van der Waals surface area contributed by atoms with Crippen LogP contribution in [0.4, 0.5) is 5.69 Å². The molecule has 1 N–H and O–H groups in total. The maximum atomic E-state index is 12.7. The number of furan rings is 1. The summed E-state index contributed by atoms with van der Waals surface area (Å²) in [5.74, 6) is -0.805. The van der Waals surface area contributed by atoms with E-state index in [1.54, 1.807) is 37.3 Å². The van der Waals surface area contributed by atoms with Gasteiger partial charge in [0.1, 0.15) is 5.76 Å². The summed E-state index contributed by atoms with van der Waals surface area (Å²) < 4.78 is 31.9. The van der Waals surface area contributed by atoms with Gasteiger partial charge in [0.25, 0.3) is 10.0 Å². The van der Waals surface area contributed by atoms with E-state index in [0.717, 1.165) is 5.56 Å². The van der Waals surface area contributed by atoms with Crippen LogP contribution in [0.25, 0.3) is 0 Å². The lowest BCUT2D eigenvalue weighted by molar-refractivity contribution is -0.137. The molecule has 1 aromatic carbocycles. The third kappa shape index (κ3) is 2.37. The third-order valence-electron chi connectivity index (χ3n) is 3.71. The highest BCUT2D eigenvalue weighted by molar-refractivity contribution is 7.92. The Labute approximate surface area is 128 Å². The number of carboxylic acids is 1. The number of carboxylic acid groups (broad SMARTS) is 1. The molecule has 2 aromatic rings. The second kappa shape index (κ2) is 5.17. The lowest BCUT2D eigenvalue weighted by Crippen LogP contribution is -2.30. The summed E-state index contributed by atoms with van der Waals surface area (Å²) in [7, 11) is -3.83. The van der Waals surface area contributed by atoms with E-state index in [4.69, 9.17) is 9.52 Å². The van der Waals surface area contributed by atoms with Crippen LogP contribution < -0.4 is 4.31 Å². The summed E-state index contributed by atoms with van der Waals surface area (Å²) in [6, 6.07) is 9.97. The molecule has 0 saturated carbocycles. The number of aryl methyl sites for hydroxylation is 1. The highest BCUT2D eigenvalue weighted by atomic mass is 32.2. The zero-order chi connectivity index (χ0) is 15.9. The van der Waals surface area contributed by atoms with Gasteiger partial charge in [-0.2, -0.15) is 8.42 Å². The molecule has 7 heteroatoms. The maximum absolute atomic E-state index is 12.7. The Bertz CT molecular complexity index is 824. The highest BCUT2D eigenvalue weighted by Gasteiger charge is 2.38. The fourth-order valence-corrected chi connectivity index (χ4v) is 4.22. The van der Waals surface area contributed by atoms with Gasteiger partial charge in [-0.25, -0.2) is 0 Å². The second-order valence-corrected chi connectivity index (χ2v) is 7.05. The number of rotatable bonds is 4. The fourth-order valence-electron chi connectivity index (χ4n) is 2.73. The highest BCUT2D eigenvalue weighted by Crippen LogP contribution is 2.41. The molecule has 22 heavy (non-hydrogen) atoms. The zero-order valence-corrected chi connectivity index (χ0v) is 12.7. The van der Waals surface area contributed by atoms with Crippen molar-refractivity contribution in [2.24, 2.45) is 0 Å². The topological polar surface area (TPSA) is 87.8 Å². The molecule has 116 valence electrons. The van der Waals surface area contributed by atoms with Gasteiger partial charge in [0.2, 0.25) is 5.09 Å². The van der Waals surface area contributed by atoms with Crippen molar-refractivity contribution >= 4 is 21.7 Å². The molecule has 0 aliphatic carbocycles. The zero-order valence-electron chi connectivity index (χ0n) is 11.9. The van der Waals surface area contributed by atoms with Crippen molar-refractivity contribution in [2.45, 2.75) is 24.4 Å². The molecule has 2 heterocycles. The van der Waals surface area contributed by atoms with E-state index in [2.05, 4.69) is 0 Å². The Morgan fingerprint density at radius 3 is 2.68 bits per heavy atom. The molecule has 1 aliphatic rings. The van der Waals surface area contributed by atoms with E-state index < -0.39 is 16.0 Å². The Morgan fingerprint density at radius 2 is 2.05 bits per heavy atom. The number of para-hydroxylation sites is 1. The number of nitrogens with zero attached hydrogens (tertiary/aromatic N) is 1. The summed E-state index contributed by atoms with van der Waals surface area (Å²) in [5, 5.41) is 8.89. The van der Waals surface area contributed by atoms with Crippen LogP contribution in [0.15, 0.2) is 45.9 Å². The maximum Gasteiger partial charge on any atom is 0.304 e. The van der Waals surface area contributed by atoms with Crippen LogP contribution in [0, 0.1) is 6.92 Å². The van der Waals surface area contributed by atoms with Crippen molar-refractivity contribution in [1.29, 1.82) is 0 Å². The number of aliphatic carboxylic acids is 1. The van der Waals surface area contributed by atoms with Gasteiger partial charge in [-0.3, -0.25) is 9.10 Å². The Balaban J connectivity index is 2.04. The van der Waals surface area contributed by atoms with E-state index in [9.17, 15) is 13.2 Å². The lowest BCUT2D eigenvalue weighted by atomic mass is 9.98. The molecule has 0 radical (unpaired) electrons. The second-order valence-electron chi connectivity index (χ2n) is 5.25. The number of anilines is 1. The molecule has 0 fully saturated rings. The first-order valence-corrected chi connectivity index (χ1v) is 8.23. The molecular formula is C15H15NO5S. The molecule has 0 amide bonds. The molecule has 1 aromatic heterocycles. The minimum atomic E-state index is -3.83. The van der Waals surface area contributed by atoms with Crippen LogP contribution in [0.1, 0.15) is 23.7 Å². The third-order valence-corrected chi connectivity index (χ3v) is 5.37. The van der Waals surface area contributed by atoms with Gasteiger partial charge in [-0.15, -0.1) is 0 Å². The first-order valence-electron chi connectivity index (χ1n) is 6.79. The Kier molecular flexibility index (Phi) is 3.44. The van der Waals surface area contributed by atoms with Gasteiger partial charge in [-0.1, -0.05) is 18.2 Å². The Morgan fingerprint density at radius 1 is 1.32 bits per heavy atom. The van der Waals surface area contributed by atoms with Crippen molar-refractivity contribution in [1.82, 2.24) is 0 Å². The quantitative estimate of drug-likeness (QED) is 0.934. The molecule has 1 atom stereocenters. The van der Waals surface area contributed by atoms with E-state index in [0.29, 0.717) is 11.4 Å². The number of hydrogen-bond donors (Lipinski definition) is 1. The van der Waals surface area contributed by atoms with Crippen molar-refractivity contribution in [3.8, 4) is 0 Å². The van der Waals surface area contributed by atoms with Crippen LogP contribution in [-0.4, -0.2) is 26.0 Å². The summed E-state index contributed by atoms with van der Waals surface area (Å²) >= 11 is 0. The number of benzene rings is 1. The van der Waals surface area contributed by atoms with E-state index >= 15 is 0 Å². The molecule has 6 nitrogen and oxygen atoms in total. The van der Waals surface area contributed by atoms with Crippen molar-refractivity contribution in [3.05, 3.63) is 47.7 Å². The molecule has 0 saturated heterocycles. The van der Waals surface area contributed by atoms with E-state index in [1.165, 1.54) is 10.4 Å². The molecule has 0 bridgehead atoms. The molecule has 3 rings (SSSR count). The molecule has 1 aliphatic heterocycles. The van der Waals surface area contributed by atoms with Gasteiger partial charge in [0.15, 0.2) is 0 Å². The number of carbonyl (C=O) groups is 1. The van der Waals surface area contributed by atoms with Crippen molar-refractivity contribution < 1.29 is 22.7 Å². The van der Waals surface area contributed by atoms with Crippen molar-refractivity contribution in [3.63, 3.8) is 0 Å². The standard InChI is InChI=1S/C15H15NO5S/c1-10-6-7-15(21-10)22(19,20)16-9-11(8-14(17)18)12-4-2-3-5-13(12)16/h2-7,11H,8-9H2,1H3,(H,17,18). The largest absolute Gasteiger partial charge is 0.481 e. The van der Waals surface area contributed by atoms with Gasteiger partial charge < -0.3 is 9.52 Å². The average Bonchev–Trinajstić information content (AvgIpc) is 3.04. The first-order chi connectivity index (χ1) is 10.4. The minimum absolute atomic E-state index is 0.105. The smallest absolute Gasteiger partial charge is 0.304 e. The van der Waals surface area contributed by atoms with Gasteiger partial charge >= 0.3 is 5.97 Å². The van der Waals surface area contributed by atoms with Crippen LogP contribution in [0.3, 0.4) is 0 Å². The SMILES string of the molecule is Cc1ccc(S(=O)(=O)N2CC(CC(=O)O)c3ccccc32)o1. The molecular weight excluding hydrogens is 306 g/mol. The molecule has 0 spiro atoms. The average molecular weight is 321 g/mol. The van der Waals surface area contributed by atoms with Gasteiger partial charge in [0, 0.05) is 12.5 Å². The number of fused-ring (bicyclic) bond motifs is 1. The fraction of sp³-hybridized carbons (Fsp3) is 0.267. The van der Waals surface area contributed by atoms with E-state index in [-0.39, 0.29) is 24.0 Å².